The maximum absolute atomic E-state index is 3.61. The molecule has 90 valence electrons. The van der Waals surface area contributed by atoms with Crippen LogP contribution < -0.4 is 0 Å². The summed E-state index contributed by atoms with van der Waals surface area (Å²) in [4.78, 5) is 2.51. The lowest BCUT2D eigenvalue weighted by Gasteiger charge is -2.20. The van der Waals surface area contributed by atoms with Gasteiger partial charge in [-0.25, -0.2) is 0 Å². The Kier molecular flexibility index (Phi) is 7.66. The van der Waals surface area contributed by atoms with E-state index in [9.17, 15) is 0 Å². The fraction of sp³-hybridized carbons (Fsp3) is 0.538. The third-order valence-corrected chi connectivity index (χ3v) is 4.19. The van der Waals surface area contributed by atoms with Gasteiger partial charge in [0.15, 0.2) is 0 Å². The molecular weight excluding hydrogens is 377 g/mol. The van der Waals surface area contributed by atoms with Gasteiger partial charge < -0.3 is 0 Å². The summed E-state index contributed by atoms with van der Waals surface area (Å²) >= 11 is 6.06. The molecule has 0 saturated heterocycles. The predicted octanol–water partition coefficient (Wildman–Crippen LogP) is 4.49. The molecule has 0 bridgehead atoms. The Morgan fingerprint density at radius 1 is 1.25 bits per heavy atom. The Bertz CT molecular complexity index is 304. The zero-order valence-corrected chi connectivity index (χ0v) is 13.5. The van der Waals surface area contributed by atoms with Crippen LogP contribution in [0.3, 0.4) is 0 Å². The minimum Gasteiger partial charge on any atom is -0.299 e. The second-order valence-corrected chi connectivity index (χ2v) is 5.79. The molecule has 3 heteroatoms. The summed E-state index contributed by atoms with van der Waals surface area (Å²) in [5, 5.41) is 0. The highest BCUT2D eigenvalue weighted by Gasteiger charge is 2.05. The average Bonchev–Trinajstić information content (AvgIpc) is 2.30. The Labute approximate surface area is 121 Å². The van der Waals surface area contributed by atoms with Crippen LogP contribution in [0, 0.1) is 0 Å². The Balaban J connectivity index is 2.46. The van der Waals surface area contributed by atoms with Crippen LogP contribution in [0.2, 0.25) is 0 Å². The molecule has 0 atom stereocenters. The number of rotatable bonds is 7. The molecule has 16 heavy (non-hydrogen) atoms. The quantitative estimate of drug-likeness (QED) is 0.373. The van der Waals surface area contributed by atoms with Crippen molar-refractivity contribution in [2.45, 2.75) is 26.3 Å². The van der Waals surface area contributed by atoms with Crippen LogP contribution in [0.1, 0.15) is 25.3 Å². The summed E-state index contributed by atoms with van der Waals surface area (Å²) in [6.07, 6.45) is 2.63. The van der Waals surface area contributed by atoms with E-state index >= 15 is 0 Å². The normalized spacial score (nSPS) is 11.0. The van der Waals surface area contributed by atoms with Gasteiger partial charge in [-0.3, -0.25) is 4.90 Å². The number of unbranched alkanes of at least 4 members (excludes halogenated alkanes) is 1. The molecule has 0 aliphatic rings. The van der Waals surface area contributed by atoms with Crippen LogP contribution >= 0.6 is 38.5 Å². The van der Waals surface area contributed by atoms with E-state index in [4.69, 9.17) is 0 Å². The first-order chi connectivity index (χ1) is 7.77. The van der Waals surface area contributed by atoms with E-state index in [2.05, 4.69) is 74.6 Å². The Hall–Kier alpha value is 0.390. The van der Waals surface area contributed by atoms with Crippen molar-refractivity contribution in [1.82, 2.24) is 4.90 Å². The molecule has 0 amide bonds. The van der Waals surface area contributed by atoms with Gasteiger partial charge in [0.05, 0.1) is 0 Å². The standard InChI is InChI=1S/C13H19BrIN/c1-2-16(10-6-5-9-15)11-12-7-3-4-8-13(12)14/h3-4,7-8H,2,5-6,9-11H2,1H3. The van der Waals surface area contributed by atoms with Gasteiger partial charge in [-0.15, -0.1) is 0 Å². The number of benzene rings is 1. The third kappa shape index (κ3) is 5.15. The van der Waals surface area contributed by atoms with Crippen molar-refractivity contribution in [2.24, 2.45) is 0 Å². The summed E-state index contributed by atoms with van der Waals surface area (Å²) in [6.45, 7) is 5.63. The highest BCUT2D eigenvalue weighted by molar-refractivity contribution is 14.1. The first-order valence-corrected chi connectivity index (χ1v) is 8.11. The van der Waals surface area contributed by atoms with Gasteiger partial charge in [0.2, 0.25) is 0 Å². The second kappa shape index (κ2) is 8.48. The van der Waals surface area contributed by atoms with Crippen molar-refractivity contribution in [1.29, 1.82) is 0 Å². The fourth-order valence-corrected chi connectivity index (χ4v) is 2.60. The summed E-state index contributed by atoms with van der Waals surface area (Å²) < 4.78 is 2.49. The topological polar surface area (TPSA) is 3.24 Å². The van der Waals surface area contributed by atoms with Crippen LogP contribution in [0.25, 0.3) is 0 Å². The largest absolute Gasteiger partial charge is 0.299 e. The molecule has 0 saturated carbocycles. The summed E-state index contributed by atoms with van der Waals surface area (Å²) in [5.41, 5.74) is 1.39. The molecule has 1 nitrogen and oxygen atoms in total. The molecule has 0 N–H and O–H groups in total. The number of alkyl halides is 1. The van der Waals surface area contributed by atoms with Crippen molar-refractivity contribution in [3.8, 4) is 0 Å². The minimum atomic E-state index is 1.05. The summed E-state index contributed by atoms with van der Waals surface area (Å²) in [6, 6.07) is 8.50. The smallest absolute Gasteiger partial charge is 0.0244 e. The van der Waals surface area contributed by atoms with E-state index in [-0.39, 0.29) is 0 Å². The molecule has 0 unspecified atom stereocenters. The number of halogens is 2. The molecule has 0 aliphatic heterocycles. The van der Waals surface area contributed by atoms with Gasteiger partial charge >= 0.3 is 0 Å². The lowest BCUT2D eigenvalue weighted by molar-refractivity contribution is 0.275. The van der Waals surface area contributed by atoms with Crippen molar-refractivity contribution in [2.75, 3.05) is 17.5 Å². The molecule has 1 rings (SSSR count). The maximum atomic E-state index is 3.61. The summed E-state index contributed by atoms with van der Waals surface area (Å²) in [5.74, 6) is 0. The first kappa shape index (κ1) is 14.5. The molecular formula is C13H19BrIN. The minimum absolute atomic E-state index is 1.05. The molecule has 1 aromatic rings. The van der Waals surface area contributed by atoms with E-state index in [0.717, 1.165) is 13.1 Å². The Morgan fingerprint density at radius 2 is 2.00 bits per heavy atom. The van der Waals surface area contributed by atoms with Crippen molar-refractivity contribution < 1.29 is 0 Å². The van der Waals surface area contributed by atoms with Crippen molar-refractivity contribution in [3.05, 3.63) is 34.3 Å². The van der Waals surface area contributed by atoms with Crippen LogP contribution in [-0.4, -0.2) is 22.4 Å². The van der Waals surface area contributed by atoms with E-state index in [1.807, 2.05) is 0 Å². The van der Waals surface area contributed by atoms with Gasteiger partial charge in [0, 0.05) is 11.0 Å². The van der Waals surface area contributed by atoms with Crippen molar-refractivity contribution >= 4 is 38.5 Å². The van der Waals surface area contributed by atoms with Gasteiger partial charge in [0.25, 0.3) is 0 Å². The molecule has 0 radical (unpaired) electrons. The molecule has 1 aromatic carbocycles. The highest BCUT2D eigenvalue weighted by atomic mass is 127. The Morgan fingerprint density at radius 3 is 2.62 bits per heavy atom. The molecule has 0 spiro atoms. The van der Waals surface area contributed by atoms with Gasteiger partial charge in [-0.1, -0.05) is 63.6 Å². The molecule has 0 heterocycles. The van der Waals surface area contributed by atoms with Gasteiger partial charge in [-0.2, -0.15) is 0 Å². The van der Waals surface area contributed by atoms with E-state index in [0.29, 0.717) is 0 Å². The van der Waals surface area contributed by atoms with Crippen LogP contribution in [-0.2, 0) is 6.54 Å². The fourth-order valence-electron chi connectivity index (χ4n) is 1.65. The number of hydrogen-bond acceptors (Lipinski definition) is 1. The van der Waals surface area contributed by atoms with E-state index in [1.165, 1.54) is 33.9 Å². The number of nitrogens with zero attached hydrogens (tertiary/aromatic N) is 1. The van der Waals surface area contributed by atoms with Crippen molar-refractivity contribution in [3.63, 3.8) is 0 Å². The SMILES string of the molecule is CCN(CCCCI)Cc1ccccc1Br. The number of hydrogen-bond donors (Lipinski definition) is 0. The highest BCUT2D eigenvalue weighted by Crippen LogP contribution is 2.17. The van der Waals surface area contributed by atoms with Crippen LogP contribution in [0.15, 0.2) is 28.7 Å². The lowest BCUT2D eigenvalue weighted by atomic mass is 10.2. The second-order valence-electron chi connectivity index (χ2n) is 3.86. The predicted molar refractivity (Wildman–Crippen MR) is 83.2 cm³/mol. The van der Waals surface area contributed by atoms with E-state index < -0.39 is 0 Å². The maximum Gasteiger partial charge on any atom is 0.0244 e. The zero-order valence-electron chi connectivity index (χ0n) is 9.76. The summed E-state index contributed by atoms with van der Waals surface area (Å²) in [7, 11) is 0. The average molecular weight is 396 g/mol. The van der Waals surface area contributed by atoms with Gasteiger partial charge in [0.1, 0.15) is 0 Å². The monoisotopic (exact) mass is 395 g/mol. The molecule has 0 fully saturated rings. The van der Waals surface area contributed by atoms with E-state index in [1.54, 1.807) is 0 Å². The molecule has 0 aromatic heterocycles. The van der Waals surface area contributed by atoms with Crippen LogP contribution in [0.5, 0.6) is 0 Å². The van der Waals surface area contributed by atoms with Crippen LogP contribution in [0.4, 0.5) is 0 Å². The zero-order chi connectivity index (χ0) is 11.8. The first-order valence-electron chi connectivity index (χ1n) is 5.79. The third-order valence-electron chi connectivity index (χ3n) is 2.66. The van der Waals surface area contributed by atoms with Gasteiger partial charge in [-0.05, 0) is 42.0 Å². The lowest BCUT2D eigenvalue weighted by Crippen LogP contribution is -2.24. The molecule has 0 aliphatic carbocycles.